The summed E-state index contributed by atoms with van der Waals surface area (Å²) >= 11 is 1.41. The van der Waals surface area contributed by atoms with Crippen molar-refractivity contribution in [1.82, 2.24) is 5.32 Å². The Balaban J connectivity index is 2.49. The van der Waals surface area contributed by atoms with Crippen LogP contribution in [0.5, 0.6) is 0 Å². The molecule has 0 radical (unpaired) electrons. The van der Waals surface area contributed by atoms with E-state index in [2.05, 4.69) is 31.0 Å². The van der Waals surface area contributed by atoms with Crippen LogP contribution in [0.1, 0.15) is 35.5 Å². The van der Waals surface area contributed by atoms with Gasteiger partial charge in [0, 0.05) is 11.9 Å². The van der Waals surface area contributed by atoms with Crippen LogP contribution in [-0.4, -0.2) is 24.2 Å². The first kappa shape index (κ1) is 13.8. The lowest BCUT2D eigenvalue weighted by Crippen LogP contribution is -2.24. The van der Waals surface area contributed by atoms with Crippen molar-refractivity contribution in [3.63, 3.8) is 0 Å². The van der Waals surface area contributed by atoms with Gasteiger partial charge in [-0.3, -0.25) is 4.79 Å². The molecule has 0 aromatic carbocycles. The first-order valence-corrected chi connectivity index (χ1v) is 6.48. The first-order chi connectivity index (χ1) is 8.13. The highest BCUT2D eigenvalue weighted by molar-refractivity contribution is 7.10. The predicted molar refractivity (Wildman–Crippen MR) is 70.1 cm³/mol. The van der Waals surface area contributed by atoms with Gasteiger partial charge in [0.25, 0.3) is 5.91 Å². The zero-order valence-corrected chi connectivity index (χ0v) is 10.9. The molecular weight excluding hydrogens is 234 g/mol. The van der Waals surface area contributed by atoms with Crippen molar-refractivity contribution >= 4 is 17.2 Å². The highest BCUT2D eigenvalue weighted by Crippen LogP contribution is 2.13. The van der Waals surface area contributed by atoms with Gasteiger partial charge in [0.15, 0.2) is 0 Å². The van der Waals surface area contributed by atoms with E-state index in [9.17, 15) is 4.79 Å². The van der Waals surface area contributed by atoms with Crippen LogP contribution in [0.4, 0.5) is 0 Å². The average Bonchev–Trinajstić information content (AvgIpc) is 2.74. The van der Waals surface area contributed by atoms with Crippen LogP contribution >= 0.6 is 11.3 Å². The largest absolute Gasteiger partial charge is 0.384 e. The Morgan fingerprint density at radius 3 is 3.00 bits per heavy atom. The summed E-state index contributed by atoms with van der Waals surface area (Å²) in [5.41, 5.74) is 0.640. The summed E-state index contributed by atoms with van der Waals surface area (Å²) in [6, 6.07) is 1.75. The van der Waals surface area contributed by atoms with Crippen LogP contribution in [-0.2, 0) is 0 Å². The second-order valence-corrected chi connectivity index (χ2v) is 5.01. The molecule has 1 heterocycles. The summed E-state index contributed by atoms with van der Waals surface area (Å²) in [4.78, 5) is 12.5. The van der Waals surface area contributed by atoms with Crippen molar-refractivity contribution in [2.45, 2.75) is 20.3 Å². The van der Waals surface area contributed by atoms with E-state index in [1.165, 1.54) is 11.3 Å². The maximum Gasteiger partial charge on any atom is 0.252 e. The number of carbonyl (C=O) groups is 1. The summed E-state index contributed by atoms with van der Waals surface area (Å²) in [6.07, 6.45) is 0.979. The third-order valence-corrected chi connectivity index (χ3v) is 3.01. The fourth-order valence-corrected chi connectivity index (χ4v) is 1.98. The van der Waals surface area contributed by atoms with Gasteiger partial charge >= 0.3 is 0 Å². The van der Waals surface area contributed by atoms with E-state index in [0.717, 1.165) is 11.3 Å². The highest BCUT2D eigenvalue weighted by atomic mass is 32.1. The monoisotopic (exact) mass is 251 g/mol. The number of nitrogens with one attached hydrogen (secondary N) is 1. The second-order valence-electron chi connectivity index (χ2n) is 4.10. The molecule has 0 spiro atoms. The van der Waals surface area contributed by atoms with Crippen LogP contribution in [0.3, 0.4) is 0 Å². The van der Waals surface area contributed by atoms with Crippen molar-refractivity contribution in [2.24, 2.45) is 5.92 Å². The number of amides is 1. The fraction of sp³-hybridized carbons (Fsp3) is 0.462. The van der Waals surface area contributed by atoms with Gasteiger partial charge in [0.1, 0.15) is 6.61 Å². The van der Waals surface area contributed by atoms with Crippen LogP contribution in [0, 0.1) is 17.8 Å². The molecular formula is C13H17NO2S. The summed E-state index contributed by atoms with van der Waals surface area (Å²) in [6.45, 7) is 4.79. The quantitative estimate of drug-likeness (QED) is 0.803. The second kappa shape index (κ2) is 7.10. The smallest absolute Gasteiger partial charge is 0.252 e. The van der Waals surface area contributed by atoms with Crippen LogP contribution in [0.2, 0.25) is 0 Å². The minimum Gasteiger partial charge on any atom is -0.384 e. The van der Waals surface area contributed by atoms with Gasteiger partial charge in [0.2, 0.25) is 0 Å². The number of aliphatic hydroxyl groups excluding tert-OH is 1. The van der Waals surface area contributed by atoms with Crippen molar-refractivity contribution in [3.8, 4) is 11.8 Å². The summed E-state index contributed by atoms with van der Waals surface area (Å²) < 4.78 is 0. The number of hydrogen-bond acceptors (Lipinski definition) is 3. The Labute approximate surface area is 106 Å². The van der Waals surface area contributed by atoms with E-state index in [-0.39, 0.29) is 12.5 Å². The third kappa shape index (κ3) is 5.03. The van der Waals surface area contributed by atoms with Gasteiger partial charge in [-0.05, 0) is 18.4 Å². The first-order valence-electron chi connectivity index (χ1n) is 5.60. The van der Waals surface area contributed by atoms with Crippen LogP contribution < -0.4 is 5.32 Å². The van der Waals surface area contributed by atoms with E-state index in [1.54, 1.807) is 11.4 Å². The Bertz CT molecular complexity index is 426. The SMILES string of the molecule is CC(C)CCNC(=O)c1csc(C#CCO)c1. The predicted octanol–water partition coefficient (Wildman–Crippen LogP) is 1.87. The van der Waals surface area contributed by atoms with Gasteiger partial charge in [-0.25, -0.2) is 0 Å². The lowest BCUT2D eigenvalue weighted by molar-refractivity contribution is 0.0952. The molecule has 0 atom stereocenters. The molecule has 2 N–H and O–H groups in total. The standard InChI is InChI=1S/C13H17NO2S/c1-10(2)5-6-14-13(16)11-8-12(17-9-11)4-3-7-15/h8-10,15H,5-7H2,1-2H3,(H,14,16). The molecule has 1 aromatic heterocycles. The molecule has 1 aromatic rings. The van der Waals surface area contributed by atoms with Gasteiger partial charge in [-0.15, -0.1) is 11.3 Å². The van der Waals surface area contributed by atoms with E-state index < -0.39 is 0 Å². The number of aliphatic hydroxyl groups is 1. The molecule has 1 rings (SSSR count). The molecule has 0 aliphatic carbocycles. The minimum absolute atomic E-state index is 0.0565. The molecule has 0 bridgehead atoms. The molecule has 0 unspecified atom stereocenters. The summed E-state index contributed by atoms with van der Waals surface area (Å²) in [5, 5.41) is 13.2. The Hall–Kier alpha value is -1.31. The molecule has 0 saturated heterocycles. The maximum absolute atomic E-state index is 11.7. The van der Waals surface area contributed by atoms with Crippen LogP contribution in [0.25, 0.3) is 0 Å². The normalized spacial score (nSPS) is 9.88. The molecule has 0 saturated carbocycles. The number of hydrogen-bond donors (Lipinski definition) is 2. The molecule has 92 valence electrons. The average molecular weight is 251 g/mol. The minimum atomic E-state index is -0.159. The van der Waals surface area contributed by atoms with Crippen molar-refractivity contribution < 1.29 is 9.90 Å². The van der Waals surface area contributed by atoms with Gasteiger partial charge < -0.3 is 10.4 Å². The number of rotatable bonds is 4. The summed E-state index contributed by atoms with van der Waals surface area (Å²) in [7, 11) is 0. The Morgan fingerprint density at radius 2 is 2.35 bits per heavy atom. The van der Waals surface area contributed by atoms with Crippen LogP contribution in [0.15, 0.2) is 11.4 Å². The van der Waals surface area contributed by atoms with Gasteiger partial charge in [0.05, 0.1) is 10.4 Å². The molecule has 0 aliphatic heterocycles. The fourth-order valence-electron chi connectivity index (χ4n) is 1.22. The lowest BCUT2D eigenvalue weighted by Gasteiger charge is -2.05. The molecule has 1 amide bonds. The Kier molecular flexibility index (Phi) is 5.75. The lowest BCUT2D eigenvalue weighted by atomic mass is 10.1. The van der Waals surface area contributed by atoms with E-state index >= 15 is 0 Å². The highest BCUT2D eigenvalue weighted by Gasteiger charge is 2.07. The van der Waals surface area contributed by atoms with Crippen molar-refractivity contribution in [1.29, 1.82) is 0 Å². The van der Waals surface area contributed by atoms with Gasteiger partial charge in [-0.1, -0.05) is 25.7 Å². The van der Waals surface area contributed by atoms with E-state index in [1.807, 2.05) is 0 Å². The molecule has 0 fully saturated rings. The van der Waals surface area contributed by atoms with E-state index in [0.29, 0.717) is 18.0 Å². The molecule has 0 aliphatic rings. The molecule has 17 heavy (non-hydrogen) atoms. The number of carbonyl (C=O) groups excluding carboxylic acids is 1. The third-order valence-electron chi connectivity index (χ3n) is 2.16. The molecule has 3 nitrogen and oxygen atoms in total. The number of thiophene rings is 1. The Morgan fingerprint density at radius 1 is 1.59 bits per heavy atom. The zero-order chi connectivity index (χ0) is 12.7. The summed E-state index contributed by atoms with van der Waals surface area (Å²) in [5.74, 6) is 5.87. The van der Waals surface area contributed by atoms with Crippen molar-refractivity contribution in [2.75, 3.05) is 13.2 Å². The topological polar surface area (TPSA) is 49.3 Å². The molecule has 4 heteroatoms. The maximum atomic E-state index is 11.7. The zero-order valence-electron chi connectivity index (χ0n) is 10.1. The van der Waals surface area contributed by atoms with Gasteiger partial charge in [-0.2, -0.15) is 0 Å². The van der Waals surface area contributed by atoms with E-state index in [4.69, 9.17) is 5.11 Å². The van der Waals surface area contributed by atoms with Crippen molar-refractivity contribution in [3.05, 3.63) is 21.9 Å².